The normalized spacial score (nSPS) is 19.9. The highest BCUT2D eigenvalue weighted by Gasteiger charge is 2.34. The van der Waals surface area contributed by atoms with Crippen LogP contribution in [0.4, 0.5) is 0 Å². The van der Waals surface area contributed by atoms with Crippen LogP contribution >= 0.6 is 0 Å². The smallest absolute Gasteiger partial charge is 0.243 e. The minimum atomic E-state index is -0.524. The number of aliphatic hydroxyl groups is 1. The molecular formula is C38H47N3O6. The van der Waals surface area contributed by atoms with Gasteiger partial charge < -0.3 is 19.9 Å². The molecule has 1 heterocycles. The summed E-state index contributed by atoms with van der Waals surface area (Å²) in [6, 6.07) is 24.9. The van der Waals surface area contributed by atoms with Crippen LogP contribution in [-0.4, -0.2) is 52.3 Å². The summed E-state index contributed by atoms with van der Waals surface area (Å²) in [5.74, 6) is -0.643. The topological polar surface area (TPSA) is 120 Å². The van der Waals surface area contributed by atoms with Gasteiger partial charge in [-0.3, -0.25) is 19.7 Å². The van der Waals surface area contributed by atoms with Crippen LogP contribution in [0.2, 0.25) is 0 Å². The van der Waals surface area contributed by atoms with E-state index in [1.54, 1.807) is 5.48 Å². The zero-order chi connectivity index (χ0) is 33.0. The minimum absolute atomic E-state index is 0.00928. The first kappa shape index (κ1) is 34.5. The van der Waals surface area contributed by atoms with E-state index in [1.807, 2.05) is 48.5 Å². The van der Waals surface area contributed by atoms with Crippen LogP contribution in [-0.2, 0) is 32.2 Å². The third kappa shape index (κ3) is 9.82. The molecule has 2 fully saturated rings. The molecule has 2 amide bonds. The Morgan fingerprint density at radius 3 is 2.32 bits per heavy atom. The van der Waals surface area contributed by atoms with Gasteiger partial charge in [-0.05, 0) is 53.1 Å². The molecule has 1 aliphatic carbocycles. The van der Waals surface area contributed by atoms with Crippen LogP contribution in [0.1, 0.15) is 86.0 Å². The van der Waals surface area contributed by atoms with E-state index in [-0.39, 0.29) is 37.6 Å². The number of carbonyl (C=O) groups is 2. The Morgan fingerprint density at radius 1 is 0.894 bits per heavy atom. The second-order valence-corrected chi connectivity index (χ2v) is 12.5. The summed E-state index contributed by atoms with van der Waals surface area (Å²) >= 11 is 0. The molecule has 3 aromatic carbocycles. The van der Waals surface area contributed by atoms with Gasteiger partial charge in [0, 0.05) is 50.5 Å². The van der Waals surface area contributed by atoms with Crippen molar-refractivity contribution in [2.45, 2.75) is 89.1 Å². The van der Waals surface area contributed by atoms with Gasteiger partial charge in [-0.15, -0.1) is 6.58 Å². The van der Waals surface area contributed by atoms with Gasteiger partial charge in [0.05, 0.1) is 18.8 Å². The quantitative estimate of drug-likeness (QED) is 0.0898. The van der Waals surface area contributed by atoms with Crippen molar-refractivity contribution in [2.24, 2.45) is 0 Å². The first-order chi connectivity index (χ1) is 22.9. The lowest BCUT2D eigenvalue weighted by atomic mass is 9.98. The van der Waals surface area contributed by atoms with Gasteiger partial charge in [0.25, 0.3) is 0 Å². The summed E-state index contributed by atoms with van der Waals surface area (Å²) in [5.41, 5.74) is 7.52. The largest absolute Gasteiger partial charge is 0.392 e. The van der Waals surface area contributed by atoms with Crippen LogP contribution in [0.25, 0.3) is 11.1 Å². The summed E-state index contributed by atoms with van der Waals surface area (Å²) in [4.78, 5) is 25.9. The molecule has 0 bridgehead atoms. The van der Waals surface area contributed by atoms with Gasteiger partial charge in [0.2, 0.25) is 11.8 Å². The number of aliphatic hydroxyl groups excluding tert-OH is 1. The lowest BCUT2D eigenvalue weighted by Crippen LogP contribution is -2.43. The molecule has 4 N–H and O–H groups in total. The number of nitrogens with zero attached hydrogens (tertiary/aromatic N) is 1. The molecule has 9 nitrogen and oxygen atoms in total. The highest BCUT2D eigenvalue weighted by atomic mass is 16.7. The summed E-state index contributed by atoms with van der Waals surface area (Å²) in [7, 11) is 0. The number of hydroxylamine groups is 1. The van der Waals surface area contributed by atoms with E-state index in [1.165, 1.54) is 25.7 Å². The van der Waals surface area contributed by atoms with Crippen molar-refractivity contribution >= 4 is 11.8 Å². The van der Waals surface area contributed by atoms with E-state index < -0.39 is 12.2 Å². The summed E-state index contributed by atoms with van der Waals surface area (Å²) in [6.07, 6.45) is 7.70. The molecule has 250 valence electrons. The maximum absolute atomic E-state index is 12.2. The third-order valence-electron chi connectivity index (χ3n) is 9.12. The van der Waals surface area contributed by atoms with Crippen LogP contribution in [0.5, 0.6) is 0 Å². The highest BCUT2D eigenvalue weighted by Crippen LogP contribution is 2.39. The minimum Gasteiger partial charge on any atom is -0.392 e. The molecule has 5 rings (SSSR count). The third-order valence-corrected chi connectivity index (χ3v) is 9.12. The Kier molecular flexibility index (Phi) is 12.7. The molecule has 0 radical (unpaired) electrons. The first-order valence-corrected chi connectivity index (χ1v) is 16.7. The predicted octanol–water partition coefficient (Wildman–Crippen LogP) is 6.11. The molecule has 3 atom stereocenters. The van der Waals surface area contributed by atoms with Crippen LogP contribution in [0, 0.1) is 0 Å². The van der Waals surface area contributed by atoms with Gasteiger partial charge >= 0.3 is 0 Å². The Morgan fingerprint density at radius 2 is 1.62 bits per heavy atom. The summed E-state index contributed by atoms with van der Waals surface area (Å²) in [5, 5.41) is 21.0. The van der Waals surface area contributed by atoms with E-state index in [0.717, 1.165) is 52.9 Å². The number of hydrogen-bond donors (Lipinski definition) is 4. The van der Waals surface area contributed by atoms with Crippen LogP contribution in [0.3, 0.4) is 0 Å². The summed E-state index contributed by atoms with van der Waals surface area (Å²) in [6.45, 7) is 6.07. The monoisotopic (exact) mass is 641 g/mol. The number of hydrogen-bond acceptors (Lipinski definition) is 7. The Labute approximate surface area is 277 Å². The molecule has 0 aromatic heterocycles. The zero-order valence-corrected chi connectivity index (χ0v) is 27.0. The number of ether oxygens (including phenoxy) is 2. The van der Waals surface area contributed by atoms with E-state index in [9.17, 15) is 14.7 Å². The Hall–Kier alpha value is -3.86. The second-order valence-electron chi connectivity index (χ2n) is 12.5. The lowest BCUT2D eigenvalue weighted by Gasteiger charge is -2.39. The maximum Gasteiger partial charge on any atom is 0.243 e. The van der Waals surface area contributed by atoms with Crippen molar-refractivity contribution in [3.05, 3.63) is 108 Å². The molecule has 1 saturated heterocycles. The standard InChI is InChI=1S/C38H47N3O6/c1-2-21-41(33-9-3-4-10-33)25-34-23-35(30-15-13-27(26-42)14-16-30)47-38(46-34)31-19-17-29(18-20-31)32-8-5-7-28(22-32)24-39-36(43)11-6-12-37(44)40-45/h2,5,7-8,13-20,22,33-35,38,42,45H,1,3-4,6,9-12,21,23-26H2,(H,39,43)(H,40,44)/t34-,35+,38+/m0/s1. The maximum atomic E-state index is 12.2. The number of nitrogens with one attached hydrogen (secondary N) is 2. The van der Waals surface area contributed by atoms with Gasteiger partial charge in [-0.2, -0.15) is 0 Å². The number of amides is 2. The van der Waals surface area contributed by atoms with Crippen molar-refractivity contribution in [1.82, 2.24) is 15.7 Å². The Bertz CT molecular complexity index is 1450. The number of benzene rings is 3. The zero-order valence-electron chi connectivity index (χ0n) is 27.0. The Balaban J connectivity index is 1.27. The SMILES string of the molecule is C=CCN(C[C@@H]1C[C@H](c2ccc(CO)cc2)O[C@H](c2ccc(-c3cccc(CNC(=O)CCCC(=O)NO)c3)cc2)O1)C1CCCC1. The molecule has 9 heteroatoms. The average molecular weight is 642 g/mol. The number of carbonyl (C=O) groups excluding carboxylic acids is 2. The fourth-order valence-electron chi connectivity index (χ4n) is 6.55. The summed E-state index contributed by atoms with van der Waals surface area (Å²) < 4.78 is 13.3. The first-order valence-electron chi connectivity index (χ1n) is 16.7. The van der Waals surface area contributed by atoms with Crippen molar-refractivity contribution in [1.29, 1.82) is 0 Å². The van der Waals surface area contributed by atoms with Gasteiger partial charge in [-0.1, -0.05) is 85.6 Å². The van der Waals surface area contributed by atoms with Crippen molar-refractivity contribution in [3.8, 4) is 11.1 Å². The average Bonchev–Trinajstić information content (AvgIpc) is 3.66. The molecule has 3 aromatic rings. The molecule has 47 heavy (non-hydrogen) atoms. The van der Waals surface area contributed by atoms with Crippen LogP contribution < -0.4 is 10.8 Å². The van der Waals surface area contributed by atoms with Crippen LogP contribution in [0.15, 0.2) is 85.5 Å². The molecule has 1 saturated carbocycles. The molecule has 1 aliphatic heterocycles. The van der Waals surface area contributed by atoms with E-state index in [2.05, 4.69) is 47.1 Å². The molecule has 0 spiro atoms. The van der Waals surface area contributed by atoms with Gasteiger partial charge in [0.1, 0.15) is 0 Å². The highest BCUT2D eigenvalue weighted by molar-refractivity contribution is 5.78. The van der Waals surface area contributed by atoms with Gasteiger partial charge in [-0.25, -0.2) is 5.48 Å². The number of rotatable bonds is 15. The van der Waals surface area contributed by atoms with Crippen molar-refractivity contribution in [3.63, 3.8) is 0 Å². The fraction of sp³-hybridized carbons (Fsp3) is 0.421. The fourth-order valence-corrected chi connectivity index (χ4v) is 6.55. The molecule has 0 unspecified atom stereocenters. The van der Waals surface area contributed by atoms with E-state index in [0.29, 0.717) is 19.0 Å². The van der Waals surface area contributed by atoms with E-state index >= 15 is 0 Å². The van der Waals surface area contributed by atoms with Crippen molar-refractivity contribution in [2.75, 3.05) is 13.1 Å². The second kappa shape index (κ2) is 17.3. The predicted molar refractivity (Wildman–Crippen MR) is 180 cm³/mol. The molecular weight excluding hydrogens is 594 g/mol. The molecule has 2 aliphatic rings. The lowest BCUT2D eigenvalue weighted by molar-refractivity contribution is -0.253. The van der Waals surface area contributed by atoms with Gasteiger partial charge in [0.15, 0.2) is 6.29 Å². The van der Waals surface area contributed by atoms with E-state index in [4.69, 9.17) is 14.7 Å². The van der Waals surface area contributed by atoms with Crippen molar-refractivity contribution < 1.29 is 29.4 Å².